The fraction of sp³-hybridized carbons (Fsp3) is 0.800. The normalized spacial score (nSPS) is 27.5. The van der Waals surface area contributed by atoms with Crippen molar-refractivity contribution in [3.05, 3.63) is 0 Å². The van der Waals surface area contributed by atoms with Crippen molar-refractivity contribution in [2.45, 2.75) is 25.9 Å². The average molecular weight is 211 g/mol. The average Bonchev–Trinajstić information content (AvgIpc) is 2.23. The van der Waals surface area contributed by atoms with Crippen LogP contribution < -0.4 is 5.32 Å². The van der Waals surface area contributed by atoms with Crippen molar-refractivity contribution in [1.29, 1.82) is 0 Å². The van der Waals surface area contributed by atoms with E-state index in [0.717, 1.165) is 19.5 Å². The first-order valence-corrected chi connectivity index (χ1v) is 5.52. The maximum atomic E-state index is 11.6. The molecule has 5 nitrogen and oxygen atoms in total. The van der Waals surface area contributed by atoms with Crippen molar-refractivity contribution >= 4 is 11.8 Å². The summed E-state index contributed by atoms with van der Waals surface area (Å²) in [6, 6.07) is 0. The third-order valence-corrected chi connectivity index (χ3v) is 3.02. The lowest BCUT2D eigenvalue weighted by atomic mass is 10.1. The van der Waals surface area contributed by atoms with E-state index in [2.05, 4.69) is 17.1 Å². The Morgan fingerprint density at radius 1 is 1.47 bits per heavy atom. The number of carbonyl (C=O) groups excluding carboxylic acids is 2. The van der Waals surface area contributed by atoms with Gasteiger partial charge in [-0.3, -0.25) is 14.5 Å². The van der Waals surface area contributed by atoms with Crippen LogP contribution in [0.25, 0.3) is 0 Å². The first-order valence-electron chi connectivity index (χ1n) is 5.52. The van der Waals surface area contributed by atoms with Crippen LogP contribution in [-0.4, -0.2) is 54.0 Å². The number of nitrogens with zero attached hydrogens (tertiary/aromatic N) is 2. The minimum absolute atomic E-state index is 0.0436. The number of rotatable bonds is 2. The quantitative estimate of drug-likeness (QED) is 0.662. The summed E-state index contributed by atoms with van der Waals surface area (Å²) >= 11 is 0. The third kappa shape index (κ3) is 1.97. The second kappa shape index (κ2) is 4.18. The first-order chi connectivity index (χ1) is 7.22. The van der Waals surface area contributed by atoms with Gasteiger partial charge in [-0.15, -0.1) is 0 Å². The number of hydrogen-bond donors (Lipinski definition) is 1. The van der Waals surface area contributed by atoms with Crippen LogP contribution in [0.15, 0.2) is 0 Å². The van der Waals surface area contributed by atoms with E-state index in [1.54, 1.807) is 4.90 Å². The highest BCUT2D eigenvalue weighted by Crippen LogP contribution is 2.17. The Hall–Kier alpha value is -1.10. The molecular weight excluding hydrogens is 194 g/mol. The van der Waals surface area contributed by atoms with Crippen molar-refractivity contribution in [1.82, 2.24) is 15.1 Å². The summed E-state index contributed by atoms with van der Waals surface area (Å²) in [5.74, 6) is 0.0696. The van der Waals surface area contributed by atoms with Gasteiger partial charge in [-0.1, -0.05) is 6.92 Å². The Morgan fingerprint density at radius 2 is 2.27 bits per heavy atom. The molecule has 0 spiro atoms. The number of carbonyl (C=O) groups is 2. The van der Waals surface area contributed by atoms with Gasteiger partial charge in [0.1, 0.15) is 12.7 Å². The Morgan fingerprint density at radius 3 is 3.00 bits per heavy atom. The molecule has 1 atom stereocenters. The van der Waals surface area contributed by atoms with Crippen LogP contribution >= 0.6 is 0 Å². The molecule has 1 unspecified atom stereocenters. The van der Waals surface area contributed by atoms with Gasteiger partial charge in [0.05, 0.1) is 6.54 Å². The van der Waals surface area contributed by atoms with E-state index in [1.807, 2.05) is 0 Å². The van der Waals surface area contributed by atoms with Gasteiger partial charge in [0.25, 0.3) is 0 Å². The van der Waals surface area contributed by atoms with Gasteiger partial charge >= 0.3 is 0 Å². The number of piperazine rings is 1. The molecule has 0 aromatic heterocycles. The van der Waals surface area contributed by atoms with E-state index >= 15 is 0 Å². The molecule has 0 radical (unpaired) electrons. The van der Waals surface area contributed by atoms with E-state index in [4.69, 9.17) is 0 Å². The maximum absolute atomic E-state index is 11.6. The zero-order valence-electron chi connectivity index (χ0n) is 9.03. The van der Waals surface area contributed by atoms with Gasteiger partial charge < -0.3 is 10.2 Å². The van der Waals surface area contributed by atoms with Crippen LogP contribution in [0, 0.1) is 0 Å². The van der Waals surface area contributed by atoms with E-state index in [0.29, 0.717) is 13.0 Å². The smallest absolute Gasteiger partial charge is 0.239 e. The second-order valence-corrected chi connectivity index (χ2v) is 4.09. The van der Waals surface area contributed by atoms with Crippen LogP contribution in [0.3, 0.4) is 0 Å². The fourth-order valence-electron chi connectivity index (χ4n) is 2.29. The monoisotopic (exact) mass is 211 g/mol. The van der Waals surface area contributed by atoms with Crippen molar-refractivity contribution in [2.75, 3.05) is 26.2 Å². The van der Waals surface area contributed by atoms with Crippen molar-refractivity contribution in [2.24, 2.45) is 0 Å². The number of hydrogen-bond acceptors (Lipinski definition) is 3. The van der Waals surface area contributed by atoms with Gasteiger partial charge in [-0.25, -0.2) is 0 Å². The molecule has 1 N–H and O–H groups in total. The van der Waals surface area contributed by atoms with E-state index in [9.17, 15) is 9.59 Å². The molecule has 5 heteroatoms. The molecule has 2 rings (SSSR count). The molecule has 2 saturated heterocycles. The highest BCUT2D eigenvalue weighted by Gasteiger charge is 2.37. The standard InChI is InChI=1S/C10H17N3O2/c1-2-4-12-5-3-10(15)13-7-8(14)11-6-9(12)13/h9H,2-7H2,1H3,(H,11,14). The molecule has 0 aromatic rings. The Balaban J connectivity index is 2.09. The Kier molecular flexibility index (Phi) is 2.90. The number of fused-ring (bicyclic) bond motifs is 1. The summed E-state index contributed by atoms with van der Waals surface area (Å²) < 4.78 is 0. The lowest BCUT2D eigenvalue weighted by Gasteiger charge is -2.45. The zero-order valence-corrected chi connectivity index (χ0v) is 9.03. The van der Waals surface area contributed by atoms with Gasteiger partial charge in [-0.2, -0.15) is 0 Å². The summed E-state index contributed by atoms with van der Waals surface area (Å²) in [4.78, 5) is 26.8. The minimum atomic E-state index is -0.0436. The molecule has 0 aromatic carbocycles. The summed E-state index contributed by atoms with van der Waals surface area (Å²) in [5, 5.41) is 2.82. The fourth-order valence-corrected chi connectivity index (χ4v) is 2.29. The summed E-state index contributed by atoms with van der Waals surface area (Å²) in [7, 11) is 0. The molecule has 2 aliphatic heterocycles. The largest absolute Gasteiger partial charge is 0.351 e. The molecule has 15 heavy (non-hydrogen) atoms. The summed E-state index contributed by atoms with van der Waals surface area (Å²) in [6.07, 6.45) is 1.71. The molecular formula is C10H17N3O2. The molecule has 0 saturated carbocycles. The highest BCUT2D eigenvalue weighted by atomic mass is 16.2. The zero-order chi connectivity index (χ0) is 10.8. The predicted octanol–water partition coefficient (Wildman–Crippen LogP) is -0.613. The van der Waals surface area contributed by atoms with Crippen molar-refractivity contribution in [3.63, 3.8) is 0 Å². The van der Waals surface area contributed by atoms with E-state index in [-0.39, 0.29) is 24.5 Å². The van der Waals surface area contributed by atoms with E-state index in [1.165, 1.54) is 0 Å². The first kappa shape index (κ1) is 10.4. The summed E-state index contributed by atoms with van der Waals surface area (Å²) in [6.45, 7) is 4.74. The highest BCUT2D eigenvalue weighted by molar-refractivity contribution is 5.86. The third-order valence-electron chi connectivity index (χ3n) is 3.02. The molecule has 84 valence electrons. The van der Waals surface area contributed by atoms with Crippen LogP contribution in [0.2, 0.25) is 0 Å². The van der Waals surface area contributed by atoms with Crippen LogP contribution in [0.1, 0.15) is 19.8 Å². The Labute approximate surface area is 89.4 Å². The van der Waals surface area contributed by atoms with Gasteiger partial charge in [0.2, 0.25) is 11.8 Å². The van der Waals surface area contributed by atoms with Crippen LogP contribution in [0.5, 0.6) is 0 Å². The minimum Gasteiger partial charge on any atom is -0.351 e. The van der Waals surface area contributed by atoms with Crippen molar-refractivity contribution < 1.29 is 9.59 Å². The lowest BCUT2D eigenvalue weighted by molar-refractivity contribution is -0.152. The number of amides is 2. The van der Waals surface area contributed by atoms with Crippen molar-refractivity contribution in [3.8, 4) is 0 Å². The van der Waals surface area contributed by atoms with Crippen LogP contribution in [-0.2, 0) is 9.59 Å². The Bertz CT molecular complexity index is 280. The lowest BCUT2D eigenvalue weighted by Crippen LogP contribution is -2.65. The van der Waals surface area contributed by atoms with Gasteiger partial charge in [-0.05, 0) is 13.0 Å². The number of nitrogens with one attached hydrogen (secondary N) is 1. The summed E-state index contributed by atoms with van der Waals surface area (Å²) in [5.41, 5.74) is 0. The van der Waals surface area contributed by atoms with Crippen LogP contribution in [0.4, 0.5) is 0 Å². The molecule has 2 fully saturated rings. The van der Waals surface area contributed by atoms with Gasteiger partial charge in [0, 0.05) is 13.0 Å². The SMILES string of the molecule is CCCN1CCC(=O)N2CC(=O)NCC12. The maximum Gasteiger partial charge on any atom is 0.239 e. The molecule has 2 heterocycles. The predicted molar refractivity (Wildman–Crippen MR) is 55.0 cm³/mol. The molecule has 2 aliphatic rings. The topological polar surface area (TPSA) is 52.7 Å². The molecule has 0 bridgehead atoms. The van der Waals surface area contributed by atoms with E-state index < -0.39 is 0 Å². The van der Waals surface area contributed by atoms with Gasteiger partial charge in [0.15, 0.2) is 0 Å². The second-order valence-electron chi connectivity index (χ2n) is 4.09. The molecule has 2 amide bonds. The molecule has 0 aliphatic carbocycles.